The van der Waals surface area contributed by atoms with Crippen LogP contribution in [0.4, 0.5) is 5.69 Å². The first-order valence-electron chi connectivity index (χ1n) is 16.6. The van der Waals surface area contributed by atoms with Crippen molar-refractivity contribution in [2.45, 2.75) is 124 Å². The first-order chi connectivity index (χ1) is 20.8. The second kappa shape index (κ2) is 20.8. The minimum atomic E-state index is -0.185. The van der Waals surface area contributed by atoms with Crippen LogP contribution >= 0.6 is 28.7 Å². The van der Waals surface area contributed by atoms with Crippen LogP contribution in [0.2, 0.25) is 0 Å². The van der Waals surface area contributed by atoms with E-state index in [1.54, 1.807) is 0 Å². The standard InChI is InChI=1S/C37H56N2O3S.BrH/c1-6-7-8-9-10-11-12-13-14-15-16-17-25-41-36-33(37(3,4)5)19-18-20-34(36)42-28-35(40)38-32-23-21-31(22-24-32)27-39-26-30(2)43-29-39;/h18-24,26H,6-17,25,27-29H2,1-5H3,(H,38,40);1H. The second-order valence-electron chi connectivity index (χ2n) is 12.9. The fourth-order valence-corrected chi connectivity index (χ4v) is 6.12. The Morgan fingerprint density at radius 2 is 1.48 bits per heavy atom. The number of hydrogen-bond acceptors (Lipinski definition) is 5. The first kappa shape index (κ1) is 38.1. The van der Waals surface area contributed by atoms with Crippen molar-refractivity contribution in [1.29, 1.82) is 0 Å². The van der Waals surface area contributed by atoms with Gasteiger partial charge in [0.2, 0.25) is 0 Å². The fraction of sp³-hybridized carbons (Fsp3) is 0.595. The summed E-state index contributed by atoms with van der Waals surface area (Å²) in [5.74, 6) is 2.20. The summed E-state index contributed by atoms with van der Waals surface area (Å²) in [7, 11) is 0. The van der Waals surface area contributed by atoms with Crippen molar-refractivity contribution >= 4 is 40.3 Å². The zero-order chi connectivity index (χ0) is 30.9. The van der Waals surface area contributed by atoms with E-state index in [0.717, 1.165) is 35.8 Å². The van der Waals surface area contributed by atoms with Crippen LogP contribution in [-0.2, 0) is 16.8 Å². The van der Waals surface area contributed by atoms with Crippen molar-refractivity contribution in [3.8, 4) is 11.5 Å². The molecule has 44 heavy (non-hydrogen) atoms. The number of thioether (sulfide) groups is 1. The highest BCUT2D eigenvalue weighted by atomic mass is 79.9. The maximum Gasteiger partial charge on any atom is 0.262 e. The van der Waals surface area contributed by atoms with E-state index in [1.165, 1.54) is 81.1 Å². The zero-order valence-electron chi connectivity index (χ0n) is 27.9. The molecule has 1 aliphatic heterocycles. The number of carbonyl (C=O) groups is 1. The first-order valence-corrected chi connectivity index (χ1v) is 17.6. The molecule has 5 nitrogen and oxygen atoms in total. The van der Waals surface area contributed by atoms with E-state index in [9.17, 15) is 4.79 Å². The smallest absolute Gasteiger partial charge is 0.262 e. The predicted molar refractivity (Wildman–Crippen MR) is 194 cm³/mol. The molecule has 0 bridgehead atoms. The number of unbranched alkanes of at least 4 members (excludes halogenated alkanes) is 11. The summed E-state index contributed by atoms with van der Waals surface area (Å²) in [6, 6.07) is 14.0. The highest BCUT2D eigenvalue weighted by Gasteiger charge is 2.22. The molecule has 0 aliphatic carbocycles. The van der Waals surface area contributed by atoms with Gasteiger partial charge in [-0.05, 0) is 47.4 Å². The number of nitrogens with one attached hydrogen (secondary N) is 1. The Balaban J connectivity index is 0.00000675. The number of allylic oxidation sites excluding steroid dienone is 1. The van der Waals surface area contributed by atoms with Crippen molar-refractivity contribution in [3.05, 3.63) is 64.7 Å². The number of carbonyl (C=O) groups excluding carboxylic acids is 1. The Hall–Kier alpha value is -2.12. The van der Waals surface area contributed by atoms with Gasteiger partial charge in [0.15, 0.2) is 18.1 Å². The van der Waals surface area contributed by atoms with Gasteiger partial charge in [-0.25, -0.2) is 0 Å². The molecule has 1 N–H and O–H groups in total. The van der Waals surface area contributed by atoms with Crippen LogP contribution in [-0.4, -0.2) is 29.9 Å². The van der Waals surface area contributed by atoms with Gasteiger partial charge in [-0.15, -0.1) is 28.7 Å². The quantitative estimate of drug-likeness (QED) is 0.140. The third kappa shape index (κ3) is 14.3. The summed E-state index contributed by atoms with van der Waals surface area (Å²) in [5, 5.41) is 2.97. The molecule has 2 aromatic rings. The SMILES string of the molecule is Br.CCCCCCCCCCCCCCOc1c(OCC(=O)Nc2ccc(CN3C=C(C)SC3)cc2)cccc1C(C)(C)C. The van der Waals surface area contributed by atoms with Gasteiger partial charge in [-0.1, -0.05) is 123 Å². The molecular weight excluding hydrogens is 632 g/mol. The number of nitrogens with zero attached hydrogens (tertiary/aromatic N) is 1. The highest BCUT2D eigenvalue weighted by molar-refractivity contribution is 8.93. The summed E-state index contributed by atoms with van der Waals surface area (Å²) in [5.41, 5.74) is 2.99. The average molecular weight is 690 g/mol. The second-order valence-corrected chi connectivity index (χ2v) is 14.1. The Morgan fingerprint density at radius 1 is 0.864 bits per heavy atom. The Morgan fingerprint density at radius 3 is 2.05 bits per heavy atom. The molecule has 2 aromatic carbocycles. The average Bonchev–Trinajstić information content (AvgIpc) is 3.39. The number of benzene rings is 2. The van der Waals surface area contributed by atoms with E-state index < -0.39 is 0 Å². The summed E-state index contributed by atoms with van der Waals surface area (Å²) >= 11 is 1.86. The molecule has 1 amide bonds. The Kier molecular flexibility index (Phi) is 18.0. The molecule has 246 valence electrons. The molecule has 1 aliphatic rings. The van der Waals surface area contributed by atoms with Gasteiger partial charge in [-0.2, -0.15) is 0 Å². The van der Waals surface area contributed by atoms with Crippen molar-refractivity contribution in [2.24, 2.45) is 0 Å². The number of para-hydroxylation sites is 1. The fourth-order valence-electron chi connectivity index (χ4n) is 5.36. The van der Waals surface area contributed by atoms with Crippen molar-refractivity contribution in [3.63, 3.8) is 0 Å². The summed E-state index contributed by atoms with van der Waals surface area (Å²) in [6.45, 7) is 12.4. The van der Waals surface area contributed by atoms with Gasteiger partial charge < -0.3 is 19.7 Å². The summed E-state index contributed by atoms with van der Waals surface area (Å²) in [4.78, 5) is 16.4. The molecular formula is C37H57BrN2O3S. The van der Waals surface area contributed by atoms with E-state index in [2.05, 4.69) is 69.2 Å². The number of halogens is 1. The minimum absolute atomic E-state index is 0. The molecule has 0 unspecified atom stereocenters. The lowest BCUT2D eigenvalue weighted by Crippen LogP contribution is -2.21. The van der Waals surface area contributed by atoms with E-state index in [1.807, 2.05) is 36.0 Å². The normalized spacial score (nSPS) is 12.9. The van der Waals surface area contributed by atoms with Gasteiger partial charge in [0.05, 0.1) is 12.5 Å². The lowest BCUT2D eigenvalue weighted by molar-refractivity contribution is -0.118. The molecule has 1 heterocycles. The maximum atomic E-state index is 12.8. The molecule has 0 atom stereocenters. The van der Waals surface area contributed by atoms with Gasteiger partial charge in [0, 0.05) is 24.0 Å². The third-order valence-corrected chi connectivity index (χ3v) is 8.86. The largest absolute Gasteiger partial charge is 0.489 e. The van der Waals surface area contributed by atoms with Gasteiger partial charge in [0.1, 0.15) is 0 Å². The molecule has 0 saturated carbocycles. The Bertz CT molecular complexity index is 1130. The molecule has 3 rings (SSSR count). The van der Waals surface area contributed by atoms with E-state index >= 15 is 0 Å². The highest BCUT2D eigenvalue weighted by Crippen LogP contribution is 2.38. The van der Waals surface area contributed by atoms with E-state index in [0.29, 0.717) is 12.4 Å². The van der Waals surface area contributed by atoms with E-state index in [4.69, 9.17) is 9.47 Å². The number of anilines is 1. The summed E-state index contributed by atoms with van der Waals surface area (Å²) < 4.78 is 12.4. The lowest BCUT2D eigenvalue weighted by Gasteiger charge is -2.24. The van der Waals surface area contributed by atoms with E-state index in [-0.39, 0.29) is 34.9 Å². The van der Waals surface area contributed by atoms with Crippen LogP contribution in [0, 0.1) is 0 Å². The minimum Gasteiger partial charge on any atom is -0.489 e. The van der Waals surface area contributed by atoms with Crippen LogP contribution in [0.5, 0.6) is 11.5 Å². The maximum absolute atomic E-state index is 12.8. The van der Waals surface area contributed by atoms with Crippen molar-refractivity contribution in [1.82, 2.24) is 4.90 Å². The molecule has 7 heteroatoms. The van der Waals surface area contributed by atoms with Gasteiger partial charge in [-0.3, -0.25) is 4.79 Å². The molecule has 0 fully saturated rings. The topological polar surface area (TPSA) is 50.8 Å². The monoisotopic (exact) mass is 688 g/mol. The summed E-state index contributed by atoms with van der Waals surface area (Å²) in [6.07, 6.45) is 18.0. The van der Waals surface area contributed by atoms with Crippen LogP contribution in [0.1, 0.15) is 123 Å². The number of hydrogen-bond donors (Lipinski definition) is 1. The molecule has 0 saturated heterocycles. The van der Waals surface area contributed by atoms with Gasteiger partial charge >= 0.3 is 0 Å². The van der Waals surface area contributed by atoms with Crippen LogP contribution in [0.15, 0.2) is 53.6 Å². The van der Waals surface area contributed by atoms with Crippen LogP contribution in [0.3, 0.4) is 0 Å². The number of amides is 1. The third-order valence-electron chi connectivity index (χ3n) is 7.84. The number of rotatable bonds is 20. The lowest BCUT2D eigenvalue weighted by atomic mass is 9.86. The molecule has 0 aromatic heterocycles. The molecule has 0 radical (unpaired) electrons. The predicted octanol–water partition coefficient (Wildman–Crippen LogP) is 11.0. The number of ether oxygens (including phenoxy) is 2. The van der Waals surface area contributed by atoms with Crippen molar-refractivity contribution in [2.75, 3.05) is 24.4 Å². The van der Waals surface area contributed by atoms with Gasteiger partial charge in [0.25, 0.3) is 5.91 Å². The molecule has 0 spiro atoms. The van der Waals surface area contributed by atoms with Crippen molar-refractivity contribution < 1.29 is 14.3 Å². The van der Waals surface area contributed by atoms with Crippen LogP contribution < -0.4 is 14.8 Å². The van der Waals surface area contributed by atoms with Crippen LogP contribution in [0.25, 0.3) is 0 Å². The Labute approximate surface area is 282 Å². The zero-order valence-corrected chi connectivity index (χ0v) is 30.5.